The van der Waals surface area contributed by atoms with E-state index >= 15 is 0 Å². The molecule has 136 valence electrons. The molecule has 0 radical (unpaired) electrons. The molecule has 0 saturated heterocycles. The maximum Gasteiger partial charge on any atom is 0.270 e. The predicted molar refractivity (Wildman–Crippen MR) is 94.0 cm³/mol. The predicted octanol–water partition coefficient (Wildman–Crippen LogP) is 2.94. The highest BCUT2D eigenvalue weighted by molar-refractivity contribution is 6.05. The number of hydrogen-bond acceptors (Lipinski definition) is 4. The lowest BCUT2D eigenvalue weighted by Gasteiger charge is -2.08. The van der Waals surface area contributed by atoms with Crippen LogP contribution in [0.3, 0.4) is 0 Å². The molecule has 2 N–H and O–H groups in total. The summed E-state index contributed by atoms with van der Waals surface area (Å²) in [5.41, 5.74) is 0.969. The zero-order valence-electron chi connectivity index (χ0n) is 13.9. The van der Waals surface area contributed by atoms with Crippen LogP contribution in [-0.4, -0.2) is 21.8 Å². The second-order valence-electron chi connectivity index (χ2n) is 5.52. The number of aromatic nitrogens is 2. The van der Waals surface area contributed by atoms with Gasteiger partial charge in [-0.1, -0.05) is 6.07 Å². The second-order valence-corrected chi connectivity index (χ2v) is 5.52. The van der Waals surface area contributed by atoms with E-state index in [4.69, 9.17) is 0 Å². The topological polar surface area (TPSA) is 84.0 Å². The Kier molecular flexibility index (Phi) is 5.46. The van der Waals surface area contributed by atoms with Crippen molar-refractivity contribution in [1.82, 2.24) is 15.3 Å². The van der Waals surface area contributed by atoms with E-state index < -0.39 is 23.4 Å². The first-order valence-corrected chi connectivity index (χ1v) is 7.93. The quantitative estimate of drug-likeness (QED) is 0.725. The van der Waals surface area contributed by atoms with Crippen molar-refractivity contribution in [3.63, 3.8) is 0 Å². The zero-order valence-corrected chi connectivity index (χ0v) is 13.9. The van der Waals surface area contributed by atoms with Gasteiger partial charge < -0.3 is 10.6 Å². The summed E-state index contributed by atoms with van der Waals surface area (Å²) in [6, 6.07) is 11.1. The molecule has 0 saturated carbocycles. The van der Waals surface area contributed by atoms with Crippen LogP contribution in [0.15, 0.2) is 60.9 Å². The monoisotopic (exact) mass is 368 g/mol. The smallest absolute Gasteiger partial charge is 0.270 e. The fourth-order valence-corrected chi connectivity index (χ4v) is 2.24. The minimum Gasteiger partial charge on any atom is -0.345 e. The van der Waals surface area contributed by atoms with Gasteiger partial charge in [-0.3, -0.25) is 19.6 Å². The summed E-state index contributed by atoms with van der Waals surface area (Å²) in [4.78, 5) is 32.5. The Morgan fingerprint density at radius 3 is 2.48 bits per heavy atom. The SMILES string of the molecule is O=C(Nc1ccc(F)c(F)c1)c1ccnc(C(=O)NCc2ccccn2)c1. The van der Waals surface area contributed by atoms with Gasteiger partial charge >= 0.3 is 0 Å². The van der Waals surface area contributed by atoms with Crippen LogP contribution in [0.1, 0.15) is 26.5 Å². The van der Waals surface area contributed by atoms with E-state index in [0.29, 0.717) is 5.69 Å². The van der Waals surface area contributed by atoms with Gasteiger partial charge in [0.25, 0.3) is 11.8 Å². The maximum atomic E-state index is 13.2. The molecule has 3 aromatic rings. The molecular formula is C19H14F2N4O2. The number of carbonyl (C=O) groups excluding carboxylic acids is 2. The van der Waals surface area contributed by atoms with Crippen LogP contribution in [0, 0.1) is 11.6 Å². The largest absolute Gasteiger partial charge is 0.345 e. The molecule has 27 heavy (non-hydrogen) atoms. The van der Waals surface area contributed by atoms with Crippen molar-refractivity contribution in [2.75, 3.05) is 5.32 Å². The molecule has 1 aromatic carbocycles. The van der Waals surface area contributed by atoms with E-state index in [9.17, 15) is 18.4 Å². The van der Waals surface area contributed by atoms with Crippen molar-refractivity contribution in [2.24, 2.45) is 0 Å². The first kappa shape index (κ1) is 18.1. The van der Waals surface area contributed by atoms with E-state index in [2.05, 4.69) is 20.6 Å². The number of anilines is 1. The Labute approximate surface area is 153 Å². The first-order chi connectivity index (χ1) is 13.0. The van der Waals surface area contributed by atoms with E-state index in [1.165, 1.54) is 24.4 Å². The van der Waals surface area contributed by atoms with E-state index in [-0.39, 0.29) is 23.5 Å². The summed E-state index contributed by atoms with van der Waals surface area (Å²) in [5.74, 6) is -3.13. The molecule has 2 heterocycles. The summed E-state index contributed by atoms with van der Waals surface area (Å²) in [6.45, 7) is 0.215. The third kappa shape index (κ3) is 4.69. The normalized spacial score (nSPS) is 10.3. The number of nitrogens with zero attached hydrogens (tertiary/aromatic N) is 2. The molecule has 0 unspecified atom stereocenters. The number of amides is 2. The van der Waals surface area contributed by atoms with Crippen molar-refractivity contribution in [3.8, 4) is 0 Å². The summed E-state index contributed by atoms with van der Waals surface area (Å²) in [6.07, 6.45) is 2.93. The van der Waals surface area contributed by atoms with E-state index in [1.807, 2.05) is 0 Å². The average Bonchev–Trinajstić information content (AvgIpc) is 2.70. The van der Waals surface area contributed by atoms with Gasteiger partial charge in [0.1, 0.15) is 5.69 Å². The standard InChI is InChI=1S/C19H14F2N4O2/c20-15-5-4-13(10-16(15)21)25-18(26)12-6-8-23-17(9-12)19(27)24-11-14-3-1-2-7-22-14/h1-10H,11H2,(H,24,27)(H,25,26). The summed E-state index contributed by atoms with van der Waals surface area (Å²) in [7, 11) is 0. The number of nitrogens with one attached hydrogen (secondary N) is 2. The molecular weight excluding hydrogens is 354 g/mol. The van der Waals surface area contributed by atoms with Gasteiger partial charge in [0.15, 0.2) is 11.6 Å². The number of carbonyl (C=O) groups is 2. The van der Waals surface area contributed by atoms with E-state index in [1.54, 1.807) is 24.4 Å². The minimum absolute atomic E-state index is 0.0452. The summed E-state index contributed by atoms with van der Waals surface area (Å²) < 4.78 is 26.2. The molecule has 8 heteroatoms. The van der Waals surface area contributed by atoms with Gasteiger partial charge in [-0.25, -0.2) is 8.78 Å². The lowest BCUT2D eigenvalue weighted by molar-refractivity contribution is 0.0945. The number of pyridine rings is 2. The Morgan fingerprint density at radius 1 is 0.889 bits per heavy atom. The molecule has 2 amide bonds. The van der Waals surface area contributed by atoms with Crippen LogP contribution in [0.4, 0.5) is 14.5 Å². The van der Waals surface area contributed by atoms with Crippen molar-refractivity contribution >= 4 is 17.5 Å². The second kappa shape index (κ2) is 8.13. The van der Waals surface area contributed by atoms with Crippen LogP contribution in [0.2, 0.25) is 0 Å². The fraction of sp³-hybridized carbons (Fsp3) is 0.0526. The first-order valence-electron chi connectivity index (χ1n) is 7.93. The lowest BCUT2D eigenvalue weighted by atomic mass is 10.2. The van der Waals surface area contributed by atoms with Gasteiger partial charge in [-0.15, -0.1) is 0 Å². The highest BCUT2D eigenvalue weighted by Crippen LogP contribution is 2.14. The Bertz CT molecular complexity index is 980. The number of benzene rings is 1. The highest BCUT2D eigenvalue weighted by Gasteiger charge is 2.13. The van der Waals surface area contributed by atoms with Gasteiger partial charge in [0.2, 0.25) is 0 Å². The lowest BCUT2D eigenvalue weighted by Crippen LogP contribution is -2.25. The average molecular weight is 368 g/mol. The number of rotatable bonds is 5. The van der Waals surface area contributed by atoms with Crippen molar-refractivity contribution < 1.29 is 18.4 Å². The Morgan fingerprint density at radius 2 is 1.74 bits per heavy atom. The molecule has 0 spiro atoms. The molecule has 0 aliphatic rings. The van der Waals surface area contributed by atoms with E-state index in [0.717, 1.165) is 12.1 Å². The van der Waals surface area contributed by atoms with Gasteiger partial charge in [-0.05, 0) is 36.4 Å². The zero-order chi connectivity index (χ0) is 19.2. The Balaban J connectivity index is 1.67. The summed E-state index contributed by atoms with van der Waals surface area (Å²) in [5, 5.41) is 5.09. The minimum atomic E-state index is -1.07. The Hall–Kier alpha value is -3.68. The third-order valence-electron chi connectivity index (χ3n) is 3.59. The maximum absolute atomic E-state index is 13.2. The molecule has 2 aromatic heterocycles. The molecule has 6 nitrogen and oxygen atoms in total. The molecule has 0 aliphatic heterocycles. The van der Waals surface area contributed by atoms with Crippen LogP contribution >= 0.6 is 0 Å². The third-order valence-corrected chi connectivity index (χ3v) is 3.59. The van der Waals surface area contributed by atoms with Gasteiger partial charge in [0.05, 0.1) is 12.2 Å². The van der Waals surface area contributed by atoms with Crippen molar-refractivity contribution in [2.45, 2.75) is 6.54 Å². The molecule has 0 atom stereocenters. The van der Waals surface area contributed by atoms with Crippen LogP contribution < -0.4 is 10.6 Å². The van der Waals surface area contributed by atoms with Crippen LogP contribution in [-0.2, 0) is 6.54 Å². The van der Waals surface area contributed by atoms with Gasteiger partial charge in [0, 0.05) is 29.7 Å². The molecule has 3 rings (SSSR count). The van der Waals surface area contributed by atoms with Crippen LogP contribution in [0.25, 0.3) is 0 Å². The molecule has 0 fully saturated rings. The van der Waals surface area contributed by atoms with Gasteiger partial charge in [-0.2, -0.15) is 0 Å². The number of halogens is 2. The molecule has 0 aliphatic carbocycles. The van der Waals surface area contributed by atoms with Crippen LogP contribution in [0.5, 0.6) is 0 Å². The fourth-order valence-electron chi connectivity index (χ4n) is 2.24. The molecule has 0 bridgehead atoms. The summed E-state index contributed by atoms with van der Waals surface area (Å²) >= 11 is 0. The number of hydrogen-bond donors (Lipinski definition) is 2. The van der Waals surface area contributed by atoms with Crippen molar-refractivity contribution in [1.29, 1.82) is 0 Å². The highest BCUT2D eigenvalue weighted by atomic mass is 19.2. The van der Waals surface area contributed by atoms with Crippen molar-refractivity contribution in [3.05, 3.63) is 89.5 Å².